The molecule has 0 spiro atoms. The third kappa shape index (κ3) is 3.62. The minimum atomic E-state index is -0.534. The lowest BCUT2D eigenvalue weighted by atomic mass is 10.4. The van der Waals surface area contributed by atoms with Crippen molar-refractivity contribution in [3.8, 4) is 0 Å². The summed E-state index contributed by atoms with van der Waals surface area (Å²) in [6.45, 7) is 1.88. The molecule has 0 saturated heterocycles. The van der Waals surface area contributed by atoms with Gasteiger partial charge in [-0.1, -0.05) is 6.92 Å². The molecule has 0 heterocycles. The topological polar surface area (TPSA) is 44.8 Å². The maximum Gasteiger partial charge on any atom is 0.377 e. The maximum absolute atomic E-state index is 10.8. The molecule has 0 radical (unpaired) electrons. The van der Waals surface area contributed by atoms with Crippen LogP contribution in [0.2, 0.25) is 0 Å². The number of ether oxygens (including phenoxy) is 1. The van der Waals surface area contributed by atoms with Crippen molar-refractivity contribution in [1.82, 2.24) is 0 Å². The van der Waals surface area contributed by atoms with Crippen LogP contribution < -0.4 is 0 Å². The van der Waals surface area contributed by atoms with Gasteiger partial charge in [0.15, 0.2) is 0 Å². The molecule has 64 valence electrons. The quantitative estimate of drug-likeness (QED) is 0.202. The maximum atomic E-state index is 10.8. The van der Waals surface area contributed by atoms with E-state index >= 15 is 0 Å². The van der Waals surface area contributed by atoms with Crippen molar-refractivity contribution in [3.05, 3.63) is 11.8 Å². The van der Waals surface area contributed by atoms with Gasteiger partial charge < -0.3 is 9.62 Å². The fourth-order valence-corrected chi connectivity index (χ4v) is 0.527. The van der Waals surface area contributed by atoms with Gasteiger partial charge in [-0.3, -0.25) is 0 Å². The number of methoxy groups -OCH3 is 1. The van der Waals surface area contributed by atoms with E-state index in [-0.39, 0.29) is 5.76 Å². The first kappa shape index (κ1) is 9.97. The van der Waals surface area contributed by atoms with Gasteiger partial charge in [-0.05, 0) is 12.5 Å². The first-order valence-corrected chi connectivity index (χ1v) is 3.25. The summed E-state index contributed by atoms with van der Waals surface area (Å²) in [4.78, 5) is 19.6. The highest BCUT2D eigenvalue weighted by molar-refractivity contribution is 5.85. The normalized spacial score (nSPS) is 11.0. The molecule has 0 atom stereocenters. The Bertz CT molecular complexity index is 151. The molecule has 0 unspecified atom stereocenters. The van der Waals surface area contributed by atoms with E-state index in [1.165, 1.54) is 14.2 Å². The van der Waals surface area contributed by atoms with Crippen molar-refractivity contribution in [2.45, 2.75) is 13.3 Å². The van der Waals surface area contributed by atoms with E-state index in [4.69, 9.17) is 0 Å². The SMILES string of the molecule is CC/C=C(\OOC)C(=O)OC. The number of allylic oxidation sites excluding steroid dienone is 1. The van der Waals surface area contributed by atoms with E-state index in [9.17, 15) is 4.79 Å². The Balaban J connectivity index is 4.09. The predicted molar refractivity (Wildman–Crippen MR) is 38.5 cm³/mol. The zero-order valence-electron chi connectivity index (χ0n) is 6.92. The second-order valence-corrected chi connectivity index (χ2v) is 1.72. The van der Waals surface area contributed by atoms with Crippen molar-refractivity contribution in [1.29, 1.82) is 0 Å². The third-order valence-corrected chi connectivity index (χ3v) is 0.949. The lowest BCUT2D eigenvalue weighted by molar-refractivity contribution is -0.241. The highest BCUT2D eigenvalue weighted by Crippen LogP contribution is 2.01. The Morgan fingerprint density at radius 3 is 2.45 bits per heavy atom. The number of carbonyl (C=O) groups excluding carboxylic acids is 1. The number of hydrogen-bond donors (Lipinski definition) is 0. The van der Waals surface area contributed by atoms with Crippen LogP contribution in [-0.4, -0.2) is 20.2 Å². The molecule has 4 heteroatoms. The Hall–Kier alpha value is -1.03. The van der Waals surface area contributed by atoms with E-state index in [0.29, 0.717) is 6.42 Å². The summed E-state index contributed by atoms with van der Waals surface area (Å²) in [6, 6.07) is 0. The molecule has 0 aromatic rings. The zero-order chi connectivity index (χ0) is 8.69. The van der Waals surface area contributed by atoms with E-state index in [1.54, 1.807) is 6.08 Å². The Kier molecular flexibility index (Phi) is 5.20. The Labute approximate surface area is 65.7 Å². The summed E-state index contributed by atoms with van der Waals surface area (Å²) in [6.07, 6.45) is 2.27. The molecule has 0 aromatic carbocycles. The van der Waals surface area contributed by atoms with Gasteiger partial charge in [0.25, 0.3) is 0 Å². The van der Waals surface area contributed by atoms with Crippen LogP contribution in [0.3, 0.4) is 0 Å². The second kappa shape index (κ2) is 5.73. The molecule has 0 aliphatic carbocycles. The highest BCUT2D eigenvalue weighted by Gasteiger charge is 2.10. The van der Waals surface area contributed by atoms with Crippen LogP contribution in [0, 0.1) is 0 Å². The van der Waals surface area contributed by atoms with Crippen LogP contribution in [0.5, 0.6) is 0 Å². The van der Waals surface area contributed by atoms with Gasteiger partial charge in [-0.25, -0.2) is 4.79 Å². The summed E-state index contributed by atoms with van der Waals surface area (Å²) in [5, 5.41) is 0. The smallest absolute Gasteiger partial charge is 0.377 e. The zero-order valence-corrected chi connectivity index (χ0v) is 6.92. The molecule has 0 aromatic heterocycles. The van der Waals surface area contributed by atoms with Crippen molar-refractivity contribution in [2.75, 3.05) is 14.2 Å². The van der Waals surface area contributed by atoms with Crippen LogP contribution in [0.15, 0.2) is 11.8 Å². The second-order valence-electron chi connectivity index (χ2n) is 1.72. The largest absolute Gasteiger partial charge is 0.463 e. The molecular formula is C7H12O4. The van der Waals surface area contributed by atoms with Gasteiger partial charge in [0.05, 0.1) is 14.2 Å². The lowest BCUT2D eigenvalue weighted by Gasteiger charge is -2.02. The molecule has 0 fully saturated rings. The van der Waals surface area contributed by atoms with Crippen molar-refractivity contribution >= 4 is 5.97 Å². The first-order chi connectivity index (χ1) is 5.26. The minimum Gasteiger partial charge on any atom is -0.463 e. The highest BCUT2D eigenvalue weighted by atomic mass is 17.2. The molecule has 0 rings (SSSR count). The number of hydrogen-bond acceptors (Lipinski definition) is 4. The monoisotopic (exact) mass is 160 g/mol. The Morgan fingerprint density at radius 2 is 2.09 bits per heavy atom. The van der Waals surface area contributed by atoms with Crippen molar-refractivity contribution in [2.24, 2.45) is 0 Å². The first-order valence-electron chi connectivity index (χ1n) is 3.25. The predicted octanol–water partition coefficient (Wildman–Crippen LogP) is 1.03. The fraction of sp³-hybridized carbons (Fsp3) is 0.571. The van der Waals surface area contributed by atoms with E-state index in [2.05, 4.69) is 14.5 Å². The summed E-state index contributed by atoms with van der Waals surface area (Å²) < 4.78 is 4.41. The molecule has 0 saturated carbocycles. The summed E-state index contributed by atoms with van der Waals surface area (Å²) in [5.41, 5.74) is 0. The summed E-state index contributed by atoms with van der Waals surface area (Å²) in [5.74, 6) is -0.453. The molecule has 4 nitrogen and oxygen atoms in total. The van der Waals surface area contributed by atoms with Crippen LogP contribution in [0.25, 0.3) is 0 Å². The number of esters is 1. The summed E-state index contributed by atoms with van der Waals surface area (Å²) >= 11 is 0. The molecule has 0 amide bonds. The number of carbonyl (C=O) groups is 1. The van der Waals surface area contributed by atoms with Crippen LogP contribution in [-0.2, 0) is 19.3 Å². The van der Waals surface area contributed by atoms with Gasteiger partial charge in [-0.2, -0.15) is 4.89 Å². The Morgan fingerprint density at radius 1 is 1.45 bits per heavy atom. The van der Waals surface area contributed by atoms with Crippen LogP contribution >= 0.6 is 0 Å². The van der Waals surface area contributed by atoms with Gasteiger partial charge in [0.1, 0.15) is 0 Å². The molecular weight excluding hydrogens is 148 g/mol. The van der Waals surface area contributed by atoms with E-state index < -0.39 is 5.97 Å². The average molecular weight is 160 g/mol. The fourth-order valence-electron chi connectivity index (χ4n) is 0.527. The molecule has 0 N–H and O–H groups in total. The molecule has 0 aliphatic heterocycles. The third-order valence-electron chi connectivity index (χ3n) is 0.949. The number of rotatable bonds is 4. The molecule has 0 aliphatic rings. The van der Waals surface area contributed by atoms with Crippen molar-refractivity contribution in [3.63, 3.8) is 0 Å². The summed E-state index contributed by atoms with van der Waals surface area (Å²) in [7, 11) is 2.61. The minimum absolute atomic E-state index is 0.0810. The lowest BCUT2D eigenvalue weighted by Crippen LogP contribution is -2.07. The molecule has 11 heavy (non-hydrogen) atoms. The van der Waals surface area contributed by atoms with E-state index in [0.717, 1.165) is 0 Å². The standard InChI is InChI=1S/C7H12O4/c1-4-5-6(11-10-3)7(8)9-2/h5H,4H2,1-3H3/b6-5-. The average Bonchev–Trinajstić information content (AvgIpc) is 2.03. The van der Waals surface area contributed by atoms with Crippen LogP contribution in [0.1, 0.15) is 13.3 Å². The van der Waals surface area contributed by atoms with Gasteiger partial charge >= 0.3 is 5.97 Å². The van der Waals surface area contributed by atoms with Gasteiger partial charge in [0, 0.05) is 0 Å². The van der Waals surface area contributed by atoms with E-state index in [1.807, 2.05) is 6.92 Å². The van der Waals surface area contributed by atoms with Crippen LogP contribution in [0.4, 0.5) is 0 Å². The van der Waals surface area contributed by atoms with Gasteiger partial charge in [0.2, 0.25) is 5.76 Å². The molecule has 0 bridgehead atoms. The van der Waals surface area contributed by atoms with Gasteiger partial charge in [-0.15, -0.1) is 0 Å². The van der Waals surface area contributed by atoms with Crippen molar-refractivity contribution < 1.29 is 19.3 Å².